The Kier molecular flexibility index (Phi) is 4.45. The van der Waals surface area contributed by atoms with Gasteiger partial charge in [-0.15, -0.1) is 0 Å². The highest BCUT2D eigenvalue weighted by Gasteiger charge is 2.57. The number of aromatic nitrogens is 4. The summed E-state index contributed by atoms with van der Waals surface area (Å²) in [6.07, 6.45) is -3.26. The van der Waals surface area contributed by atoms with E-state index in [4.69, 9.17) is 0 Å². The van der Waals surface area contributed by atoms with E-state index in [2.05, 4.69) is 20.5 Å². The number of benzene rings is 1. The second-order valence-corrected chi connectivity index (χ2v) is 5.84. The van der Waals surface area contributed by atoms with Crippen molar-refractivity contribution in [2.75, 3.05) is 6.54 Å². The van der Waals surface area contributed by atoms with Gasteiger partial charge in [0.15, 0.2) is 5.69 Å². The summed E-state index contributed by atoms with van der Waals surface area (Å²) in [5.74, 6) is -1.17. The predicted molar refractivity (Wildman–Crippen MR) is 86.2 cm³/mol. The molecule has 0 saturated heterocycles. The molecule has 0 radical (unpaired) electrons. The third-order valence-corrected chi connectivity index (χ3v) is 4.12. The number of hydrogen-bond acceptors (Lipinski definition) is 4. The van der Waals surface area contributed by atoms with Gasteiger partial charge >= 0.3 is 6.18 Å². The molecule has 3 rings (SSSR count). The van der Waals surface area contributed by atoms with E-state index in [1.54, 1.807) is 24.3 Å². The molecule has 0 bridgehead atoms. The second kappa shape index (κ2) is 6.45. The van der Waals surface area contributed by atoms with Crippen molar-refractivity contribution in [2.24, 2.45) is 7.05 Å². The number of halogens is 3. The highest BCUT2D eigenvalue weighted by atomic mass is 19.4. The Bertz CT molecular complexity index is 933. The van der Waals surface area contributed by atoms with Gasteiger partial charge in [-0.25, -0.2) is 4.98 Å². The fourth-order valence-electron chi connectivity index (χ4n) is 2.72. The molecule has 0 aliphatic heterocycles. The molecular weight excluding hydrogens is 351 g/mol. The smallest absolute Gasteiger partial charge is 0.374 e. The lowest BCUT2D eigenvalue weighted by Gasteiger charge is -2.29. The predicted octanol–water partition coefficient (Wildman–Crippen LogP) is 1.87. The van der Waals surface area contributed by atoms with E-state index in [1.807, 2.05) is 0 Å². The fraction of sp³-hybridized carbons (Fsp3) is 0.312. The molecule has 2 aromatic heterocycles. The molecule has 0 aliphatic rings. The number of nitrogens with one attached hydrogen (secondary N) is 2. The van der Waals surface area contributed by atoms with Crippen LogP contribution in [0.3, 0.4) is 0 Å². The van der Waals surface area contributed by atoms with Crippen molar-refractivity contribution in [3.63, 3.8) is 0 Å². The standard InChI is InChI=1S/C16H16F3N5O2/c1-24-9-8-21-14(24)15(26,16(17,18)19)6-7-20-13(25)12-10-4-2-3-5-11(10)22-23-12/h2-5,8-9,26H,6-7H2,1H3,(H,20,25)(H,22,23). The highest BCUT2D eigenvalue weighted by molar-refractivity contribution is 6.04. The molecule has 26 heavy (non-hydrogen) atoms. The van der Waals surface area contributed by atoms with Crippen molar-refractivity contribution in [2.45, 2.75) is 18.2 Å². The summed E-state index contributed by atoms with van der Waals surface area (Å²) in [4.78, 5) is 15.8. The average Bonchev–Trinajstić information content (AvgIpc) is 3.19. The number of fused-ring (bicyclic) bond motifs is 1. The van der Waals surface area contributed by atoms with Crippen molar-refractivity contribution >= 4 is 16.8 Å². The van der Waals surface area contributed by atoms with Gasteiger partial charge in [0, 0.05) is 37.8 Å². The molecule has 1 unspecified atom stereocenters. The lowest BCUT2D eigenvalue weighted by molar-refractivity contribution is -0.272. The van der Waals surface area contributed by atoms with Crippen LogP contribution in [-0.2, 0) is 12.6 Å². The molecule has 7 nitrogen and oxygen atoms in total. The van der Waals surface area contributed by atoms with Crippen LogP contribution in [0.1, 0.15) is 22.7 Å². The number of hydrogen-bond donors (Lipinski definition) is 3. The molecule has 2 heterocycles. The summed E-state index contributed by atoms with van der Waals surface area (Å²) in [7, 11) is 1.35. The van der Waals surface area contributed by atoms with E-state index in [-0.39, 0.29) is 5.69 Å². The first-order valence-electron chi connectivity index (χ1n) is 7.72. The quantitative estimate of drug-likeness (QED) is 0.641. The molecule has 3 N–H and O–H groups in total. The summed E-state index contributed by atoms with van der Waals surface area (Å²) < 4.78 is 41.4. The molecule has 138 valence electrons. The third-order valence-electron chi connectivity index (χ3n) is 4.12. The first-order chi connectivity index (χ1) is 12.2. The van der Waals surface area contributed by atoms with Crippen molar-refractivity contribution in [3.8, 4) is 0 Å². The van der Waals surface area contributed by atoms with E-state index in [9.17, 15) is 23.1 Å². The van der Waals surface area contributed by atoms with Crippen LogP contribution < -0.4 is 5.32 Å². The van der Waals surface area contributed by atoms with Gasteiger partial charge in [0.2, 0.25) is 5.60 Å². The van der Waals surface area contributed by atoms with Crippen LogP contribution in [0.2, 0.25) is 0 Å². The second-order valence-electron chi connectivity index (χ2n) is 5.84. The van der Waals surface area contributed by atoms with Gasteiger partial charge in [0.25, 0.3) is 5.91 Å². The maximum atomic E-state index is 13.4. The van der Waals surface area contributed by atoms with E-state index in [0.717, 1.165) is 4.57 Å². The number of aliphatic hydroxyl groups is 1. The maximum absolute atomic E-state index is 13.4. The largest absolute Gasteiger partial charge is 0.424 e. The number of amides is 1. The number of carbonyl (C=O) groups is 1. The molecule has 1 amide bonds. The normalized spacial score (nSPS) is 14.3. The highest BCUT2D eigenvalue weighted by Crippen LogP contribution is 2.40. The minimum atomic E-state index is -4.95. The first kappa shape index (κ1) is 17.9. The van der Waals surface area contributed by atoms with Crippen LogP contribution >= 0.6 is 0 Å². The van der Waals surface area contributed by atoms with Crippen molar-refractivity contribution in [1.82, 2.24) is 25.1 Å². The topological polar surface area (TPSA) is 95.8 Å². The molecule has 10 heteroatoms. The van der Waals surface area contributed by atoms with E-state index >= 15 is 0 Å². The average molecular weight is 367 g/mol. The number of imidazole rings is 1. The van der Waals surface area contributed by atoms with Crippen LogP contribution in [-0.4, -0.2) is 43.5 Å². The zero-order valence-electron chi connectivity index (χ0n) is 13.7. The van der Waals surface area contributed by atoms with Crippen molar-refractivity contribution in [1.29, 1.82) is 0 Å². The number of para-hydroxylation sites is 1. The third kappa shape index (κ3) is 3.03. The Morgan fingerprint density at radius 1 is 1.35 bits per heavy atom. The van der Waals surface area contributed by atoms with Gasteiger partial charge in [0.1, 0.15) is 5.82 Å². The molecule has 0 spiro atoms. The number of nitrogens with zero attached hydrogens (tertiary/aromatic N) is 3. The van der Waals surface area contributed by atoms with Crippen LogP contribution in [0.4, 0.5) is 13.2 Å². The first-order valence-corrected chi connectivity index (χ1v) is 7.72. The van der Waals surface area contributed by atoms with E-state index in [0.29, 0.717) is 10.9 Å². The van der Waals surface area contributed by atoms with E-state index < -0.39 is 36.5 Å². The van der Waals surface area contributed by atoms with E-state index in [1.165, 1.54) is 19.4 Å². The Balaban J connectivity index is 1.74. The summed E-state index contributed by atoms with van der Waals surface area (Å²) in [6.45, 7) is -0.414. The SMILES string of the molecule is Cn1ccnc1C(O)(CCNC(=O)c1n[nH]c2ccccc12)C(F)(F)F. The minimum absolute atomic E-state index is 0.0770. The summed E-state index contributed by atoms with van der Waals surface area (Å²) in [6, 6.07) is 6.88. The van der Waals surface area contributed by atoms with Gasteiger partial charge in [-0.2, -0.15) is 18.3 Å². The van der Waals surface area contributed by atoms with Gasteiger partial charge in [0.05, 0.1) is 5.52 Å². The summed E-state index contributed by atoms with van der Waals surface area (Å²) in [5.41, 5.74) is -2.46. The van der Waals surface area contributed by atoms with Crippen molar-refractivity contribution < 1.29 is 23.1 Å². The van der Waals surface area contributed by atoms with Crippen LogP contribution in [0.5, 0.6) is 0 Å². The number of H-pyrrole nitrogens is 1. The Morgan fingerprint density at radius 2 is 2.08 bits per heavy atom. The fourth-order valence-corrected chi connectivity index (χ4v) is 2.72. The maximum Gasteiger partial charge on any atom is 0.424 e. The molecule has 0 fully saturated rings. The number of aryl methyl sites for hydroxylation is 1. The lowest BCUT2D eigenvalue weighted by Crippen LogP contribution is -2.46. The molecule has 3 aromatic rings. The number of rotatable bonds is 5. The molecular formula is C16H16F3N5O2. The molecule has 1 atom stereocenters. The van der Waals surface area contributed by atoms with Gasteiger partial charge in [-0.1, -0.05) is 18.2 Å². The summed E-state index contributed by atoms with van der Waals surface area (Å²) >= 11 is 0. The monoisotopic (exact) mass is 367 g/mol. The molecule has 1 aromatic carbocycles. The Hall–Kier alpha value is -2.88. The van der Waals surface area contributed by atoms with Crippen molar-refractivity contribution in [3.05, 3.63) is 48.2 Å². The zero-order valence-corrected chi connectivity index (χ0v) is 13.7. The molecule has 0 saturated carbocycles. The Labute approximate surface area is 145 Å². The number of alkyl halides is 3. The lowest BCUT2D eigenvalue weighted by atomic mass is 9.97. The van der Waals surface area contributed by atoms with Crippen LogP contribution in [0.15, 0.2) is 36.7 Å². The van der Waals surface area contributed by atoms with Crippen LogP contribution in [0, 0.1) is 0 Å². The number of carbonyl (C=O) groups excluding carboxylic acids is 1. The summed E-state index contributed by atoms with van der Waals surface area (Å²) in [5, 5.41) is 19.7. The van der Waals surface area contributed by atoms with Gasteiger partial charge in [-0.05, 0) is 6.07 Å². The minimum Gasteiger partial charge on any atom is -0.374 e. The molecule has 0 aliphatic carbocycles. The van der Waals surface area contributed by atoms with Gasteiger partial charge in [-0.3, -0.25) is 9.89 Å². The zero-order chi connectivity index (χ0) is 18.9. The van der Waals surface area contributed by atoms with Crippen LogP contribution in [0.25, 0.3) is 10.9 Å². The van der Waals surface area contributed by atoms with Gasteiger partial charge < -0.3 is 15.0 Å². The number of aromatic amines is 1. The Morgan fingerprint density at radius 3 is 2.73 bits per heavy atom.